The highest BCUT2D eigenvalue weighted by atomic mass is 16.6. The summed E-state index contributed by atoms with van der Waals surface area (Å²) in [4.78, 5) is 10.8. The van der Waals surface area contributed by atoms with Crippen LogP contribution in [0, 0.1) is 0 Å². The fourth-order valence-electron chi connectivity index (χ4n) is 0.738. The van der Waals surface area contributed by atoms with Crippen molar-refractivity contribution in [1.82, 2.24) is 0 Å². The smallest absolute Gasteiger partial charge is 0.306 e. The molecule has 0 amide bonds. The molecule has 0 aromatic carbocycles. The molecule has 1 rings (SSSR count). The fourth-order valence-corrected chi connectivity index (χ4v) is 0.738. The molecule has 3 nitrogen and oxygen atoms in total. The van der Waals surface area contributed by atoms with E-state index in [1.54, 1.807) is 6.08 Å². The van der Waals surface area contributed by atoms with Crippen molar-refractivity contribution in [1.29, 1.82) is 0 Å². The third kappa shape index (κ3) is 3.78. The first kappa shape index (κ1) is 8.27. The maximum atomic E-state index is 10.8. The molecule has 1 atom stereocenters. The fraction of sp³-hybridized carbons (Fsp3) is 0.625. The van der Waals surface area contributed by atoms with Gasteiger partial charge < -0.3 is 9.47 Å². The van der Waals surface area contributed by atoms with E-state index in [0.29, 0.717) is 19.1 Å². The summed E-state index contributed by atoms with van der Waals surface area (Å²) in [5, 5.41) is 0. The number of esters is 1. The second-order valence-corrected chi connectivity index (χ2v) is 2.47. The van der Waals surface area contributed by atoms with Crippen LogP contribution in [0.4, 0.5) is 0 Å². The van der Waals surface area contributed by atoms with E-state index in [2.05, 4.69) is 6.58 Å². The standard InChI is InChI=1S/C8H12O3/c1-2-5-10-8(9)4-3-7-6-11-7/h2,7H,1,3-6H2. The SMILES string of the molecule is C=CCOC(=O)CCC1CO1. The summed E-state index contributed by atoms with van der Waals surface area (Å²) in [6.07, 6.45) is 3.12. The van der Waals surface area contributed by atoms with Crippen LogP contribution in [-0.2, 0) is 14.3 Å². The second kappa shape index (κ2) is 4.13. The first-order valence-corrected chi connectivity index (χ1v) is 3.71. The minimum atomic E-state index is -0.166. The molecule has 3 heteroatoms. The van der Waals surface area contributed by atoms with Crippen LogP contribution in [0.2, 0.25) is 0 Å². The molecule has 0 aromatic rings. The summed E-state index contributed by atoms with van der Waals surface area (Å²) in [7, 11) is 0. The maximum Gasteiger partial charge on any atom is 0.306 e. The Balaban J connectivity index is 1.95. The van der Waals surface area contributed by atoms with Gasteiger partial charge >= 0.3 is 5.97 Å². The van der Waals surface area contributed by atoms with Crippen LogP contribution in [-0.4, -0.2) is 25.3 Å². The Hall–Kier alpha value is -0.830. The number of epoxide rings is 1. The third-order valence-corrected chi connectivity index (χ3v) is 1.43. The van der Waals surface area contributed by atoms with E-state index < -0.39 is 0 Å². The molecule has 1 aliphatic heterocycles. The minimum Gasteiger partial charge on any atom is -0.461 e. The van der Waals surface area contributed by atoms with Crippen molar-refractivity contribution < 1.29 is 14.3 Å². The van der Waals surface area contributed by atoms with E-state index in [0.717, 1.165) is 13.0 Å². The summed E-state index contributed by atoms with van der Waals surface area (Å²) in [5.41, 5.74) is 0. The van der Waals surface area contributed by atoms with E-state index in [1.807, 2.05) is 0 Å². The van der Waals surface area contributed by atoms with Gasteiger partial charge in [-0.05, 0) is 6.42 Å². The molecule has 0 radical (unpaired) electrons. The third-order valence-electron chi connectivity index (χ3n) is 1.43. The quantitative estimate of drug-likeness (QED) is 0.337. The van der Waals surface area contributed by atoms with Crippen molar-refractivity contribution in [2.24, 2.45) is 0 Å². The van der Waals surface area contributed by atoms with Crippen molar-refractivity contribution in [3.05, 3.63) is 12.7 Å². The normalized spacial score (nSPS) is 20.9. The highest BCUT2D eigenvalue weighted by Crippen LogP contribution is 2.15. The zero-order valence-electron chi connectivity index (χ0n) is 6.41. The van der Waals surface area contributed by atoms with Gasteiger partial charge in [-0.3, -0.25) is 4.79 Å². The molecule has 0 saturated carbocycles. The van der Waals surface area contributed by atoms with Crippen LogP contribution < -0.4 is 0 Å². The molecule has 1 saturated heterocycles. The number of carbonyl (C=O) groups is 1. The maximum absolute atomic E-state index is 10.8. The summed E-state index contributed by atoms with van der Waals surface area (Å²) in [5.74, 6) is -0.166. The van der Waals surface area contributed by atoms with Crippen molar-refractivity contribution in [3.63, 3.8) is 0 Å². The van der Waals surface area contributed by atoms with Crippen LogP contribution in [0.15, 0.2) is 12.7 Å². The lowest BCUT2D eigenvalue weighted by Crippen LogP contribution is -2.05. The van der Waals surface area contributed by atoms with Gasteiger partial charge in [0.25, 0.3) is 0 Å². The second-order valence-electron chi connectivity index (χ2n) is 2.47. The van der Waals surface area contributed by atoms with Gasteiger partial charge in [-0.25, -0.2) is 0 Å². The first-order valence-electron chi connectivity index (χ1n) is 3.71. The lowest BCUT2D eigenvalue weighted by Gasteiger charge is -1.98. The Morgan fingerprint density at radius 1 is 1.82 bits per heavy atom. The Kier molecular flexibility index (Phi) is 3.11. The highest BCUT2D eigenvalue weighted by molar-refractivity contribution is 5.69. The predicted molar refractivity (Wildman–Crippen MR) is 40.1 cm³/mol. The van der Waals surface area contributed by atoms with Crippen LogP contribution >= 0.6 is 0 Å². The van der Waals surface area contributed by atoms with Gasteiger partial charge in [-0.2, -0.15) is 0 Å². The van der Waals surface area contributed by atoms with Gasteiger partial charge in [0.05, 0.1) is 12.7 Å². The summed E-state index contributed by atoms with van der Waals surface area (Å²) in [6, 6.07) is 0. The molecule has 62 valence electrons. The Morgan fingerprint density at radius 3 is 3.09 bits per heavy atom. The molecule has 0 aliphatic carbocycles. The number of carbonyl (C=O) groups excluding carboxylic acids is 1. The summed E-state index contributed by atoms with van der Waals surface area (Å²) < 4.78 is 9.69. The van der Waals surface area contributed by atoms with Crippen molar-refractivity contribution >= 4 is 5.97 Å². The lowest BCUT2D eigenvalue weighted by atomic mass is 10.2. The molecule has 1 unspecified atom stereocenters. The van der Waals surface area contributed by atoms with Crippen molar-refractivity contribution in [2.75, 3.05) is 13.2 Å². The summed E-state index contributed by atoms with van der Waals surface area (Å²) in [6.45, 7) is 4.55. The average molecular weight is 156 g/mol. The number of hydrogen-bond donors (Lipinski definition) is 0. The topological polar surface area (TPSA) is 38.8 Å². The van der Waals surface area contributed by atoms with Crippen molar-refractivity contribution in [3.8, 4) is 0 Å². The lowest BCUT2D eigenvalue weighted by molar-refractivity contribution is -0.142. The zero-order chi connectivity index (χ0) is 8.10. The number of rotatable bonds is 5. The van der Waals surface area contributed by atoms with Gasteiger partial charge in [0.15, 0.2) is 0 Å². The Labute approximate surface area is 66.0 Å². The molecule has 1 aliphatic rings. The number of hydrogen-bond acceptors (Lipinski definition) is 3. The van der Waals surface area contributed by atoms with Crippen molar-refractivity contribution in [2.45, 2.75) is 18.9 Å². The number of ether oxygens (including phenoxy) is 2. The molecular weight excluding hydrogens is 144 g/mol. The van der Waals surface area contributed by atoms with E-state index in [-0.39, 0.29) is 5.97 Å². The molecule has 1 fully saturated rings. The Morgan fingerprint density at radius 2 is 2.55 bits per heavy atom. The van der Waals surface area contributed by atoms with Gasteiger partial charge in [-0.15, -0.1) is 0 Å². The molecule has 0 N–H and O–H groups in total. The summed E-state index contributed by atoms with van der Waals surface area (Å²) >= 11 is 0. The molecule has 0 bridgehead atoms. The predicted octanol–water partition coefficient (Wildman–Crippen LogP) is 0.895. The van der Waals surface area contributed by atoms with Gasteiger partial charge in [0.1, 0.15) is 6.61 Å². The molecule has 11 heavy (non-hydrogen) atoms. The van der Waals surface area contributed by atoms with Crippen LogP contribution in [0.5, 0.6) is 0 Å². The Bertz CT molecular complexity index is 149. The minimum absolute atomic E-state index is 0.166. The van der Waals surface area contributed by atoms with E-state index in [1.165, 1.54) is 0 Å². The molecule has 0 spiro atoms. The van der Waals surface area contributed by atoms with Crippen LogP contribution in [0.25, 0.3) is 0 Å². The van der Waals surface area contributed by atoms with Gasteiger partial charge in [0, 0.05) is 6.42 Å². The van der Waals surface area contributed by atoms with Crippen LogP contribution in [0.1, 0.15) is 12.8 Å². The zero-order valence-corrected chi connectivity index (χ0v) is 6.41. The molecular formula is C8H12O3. The first-order chi connectivity index (χ1) is 5.33. The van der Waals surface area contributed by atoms with E-state index in [9.17, 15) is 4.79 Å². The van der Waals surface area contributed by atoms with Gasteiger partial charge in [0.2, 0.25) is 0 Å². The van der Waals surface area contributed by atoms with E-state index in [4.69, 9.17) is 9.47 Å². The monoisotopic (exact) mass is 156 g/mol. The van der Waals surface area contributed by atoms with E-state index >= 15 is 0 Å². The molecule has 0 aromatic heterocycles. The largest absolute Gasteiger partial charge is 0.461 e. The van der Waals surface area contributed by atoms with Gasteiger partial charge in [-0.1, -0.05) is 12.7 Å². The highest BCUT2D eigenvalue weighted by Gasteiger charge is 2.23. The molecule has 1 heterocycles. The average Bonchev–Trinajstić information content (AvgIpc) is 2.80. The van der Waals surface area contributed by atoms with Crippen LogP contribution in [0.3, 0.4) is 0 Å².